The second-order valence-corrected chi connectivity index (χ2v) is 5.07. The number of para-hydroxylation sites is 1. The lowest BCUT2D eigenvalue weighted by molar-refractivity contribution is -0.144. The monoisotopic (exact) mass is 349 g/mol. The summed E-state index contributed by atoms with van der Waals surface area (Å²) in [5.41, 5.74) is -0.142. The van der Waals surface area contributed by atoms with Gasteiger partial charge >= 0.3 is 12.1 Å². The Labute approximate surface area is 138 Å². The molecule has 2 aromatic carbocycles. The van der Waals surface area contributed by atoms with Gasteiger partial charge < -0.3 is 15.5 Å². The molecule has 0 atom stereocenters. The van der Waals surface area contributed by atoms with E-state index in [2.05, 4.69) is 15.3 Å². The topological polar surface area (TPSA) is 95.3 Å². The molecule has 0 saturated heterocycles. The van der Waals surface area contributed by atoms with E-state index in [-0.39, 0.29) is 22.6 Å². The Morgan fingerprint density at radius 2 is 1.80 bits per heavy atom. The van der Waals surface area contributed by atoms with Crippen molar-refractivity contribution < 1.29 is 28.2 Å². The van der Waals surface area contributed by atoms with Crippen LogP contribution in [0.1, 0.15) is 16.2 Å². The number of nitrogens with zero attached hydrogens (tertiary/aromatic N) is 2. The van der Waals surface area contributed by atoms with Gasteiger partial charge in [0, 0.05) is 11.1 Å². The zero-order valence-electron chi connectivity index (χ0n) is 12.4. The number of hydrogen-bond acceptors (Lipinski definition) is 5. The predicted molar refractivity (Wildman–Crippen MR) is 82.9 cm³/mol. The molecule has 3 rings (SSSR count). The van der Waals surface area contributed by atoms with Crippen LogP contribution in [0.5, 0.6) is 5.75 Å². The SMILES string of the molecule is O=C(O)c1cc(Nc2nc(C(F)(F)F)nc3ccccc23)ccc1O. The zero-order valence-corrected chi connectivity index (χ0v) is 12.4. The van der Waals surface area contributed by atoms with E-state index in [0.29, 0.717) is 5.39 Å². The van der Waals surface area contributed by atoms with Gasteiger partial charge in [0.15, 0.2) is 0 Å². The van der Waals surface area contributed by atoms with Gasteiger partial charge in [-0.05, 0) is 30.3 Å². The number of carboxylic acid groups (broad SMARTS) is 1. The van der Waals surface area contributed by atoms with Crippen molar-refractivity contribution in [2.24, 2.45) is 0 Å². The molecule has 0 fully saturated rings. The lowest BCUT2D eigenvalue weighted by atomic mass is 10.1. The van der Waals surface area contributed by atoms with E-state index in [1.165, 1.54) is 18.2 Å². The van der Waals surface area contributed by atoms with Crippen molar-refractivity contribution in [3.05, 3.63) is 53.9 Å². The number of halogens is 3. The molecule has 3 aromatic rings. The van der Waals surface area contributed by atoms with Crippen LogP contribution in [0.2, 0.25) is 0 Å². The molecule has 0 aliphatic rings. The smallest absolute Gasteiger partial charge is 0.451 e. The normalized spacial score (nSPS) is 11.5. The number of carbonyl (C=O) groups is 1. The zero-order chi connectivity index (χ0) is 18.2. The lowest BCUT2D eigenvalue weighted by Gasteiger charge is -2.13. The maximum absolute atomic E-state index is 13.0. The first kappa shape index (κ1) is 16.5. The summed E-state index contributed by atoms with van der Waals surface area (Å²) in [6.07, 6.45) is -4.73. The lowest BCUT2D eigenvalue weighted by Crippen LogP contribution is -2.12. The number of benzene rings is 2. The number of hydrogen-bond donors (Lipinski definition) is 3. The molecule has 1 heterocycles. The third-order valence-corrected chi connectivity index (χ3v) is 3.35. The number of fused-ring (bicyclic) bond motifs is 1. The number of alkyl halides is 3. The van der Waals surface area contributed by atoms with Gasteiger partial charge in [-0.3, -0.25) is 0 Å². The number of aromatic hydroxyl groups is 1. The third-order valence-electron chi connectivity index (χ3n) is 3.35. The minimum atomic E-state index is -4.73. The Balaban J connectivity index is 2.12. The average molecular weight is 349 g/mol. The molecule has 0 radical (unpaired) electrons. The molecule has 128 valence electrons. The summed E-state index contributed by atoms with van der Waals surface area (Å²) in [4.78, 5) is 18.1. The van der Waals surface area contributed by atoms with E-state index >= 15 is 0 Å². The van der Waals surface area contributed by atoms with Crippen LogP contribution >= 0.6 is 0 Å². The van der Waals surface area contributed by atoms with Crippen LogP contribution in [0.25, 0.3) is 10.9 Å². The van der Waals surface area contributed by atoms with Gasteiger partial charge in [0.2, 0.25) is 5.82 Å². The largest absolute Gasteiger partial charge is 0.507 e. The summed E-state index contributed by atoms with van der Waals surface area (Å²) in [5.74, 6) is -3.27. The number of carboxylic acids is 1. The van der Waals surface area contributed by atoms with Crippen molar-refractivity contribution >= 4 is 28.4 Å². The van der Waals surface area contributed by atoms with Crippen molar-refractivity contribution in [1.82, 2.24) is 9.97 Å². The Morgan fingerprint density at radius 3 is 2.48 bits per heavy atom. The molecule has 0 unspecified atom stereocenters. The molecular weight excluding hydrogens is 339 g/mol. The fraction of sp³-hybridized carbons (Fsp3) is 0.0625. The number of anilines is 2. The van der Waals surface area contributed by atoms with Gasteiger partial charge in [0.05, 0.1) is 5.52 Å². The van der Waals surface area contributed by atoms with Gasteiger partial charge in [-0.1, -0.05) is 12.1 Å². The molecule has 3 N–H and O–H groups in total. The maximum Gasteiger partial charge on any atom is 0.451 e. The van der Waals surface area contributed by atoms with Crippen molar-refractivity contribution in [3.8, 4) is 5.75 Å². The summed E-state index contributed by atoms with van der Waals surface area (Å²) in [5, 5.41) is 21.5. The molecule has 0 aliphatic heterocycles. The van der Waals surface area contributed by atoms with E-state index in [1.807, 2.05) is 0 Å². The first-order chi connectivity index (χ1) is 11.8. The highest BCUT2D eigenvalue weighted by Gasteiger charge is 2.35. The average Bonchev–Trinajstić information content (AvgIpc) is 2.55. The maximum atomic E-state index is 13.0. The second kappa shape index (κ2) is 5.93. The first-order valence-electron chi connectivity index (χ1n) is 6.93. The van der Waals surface area contributed by atoms with Gasteiger partial charge in [0.25, 0.3) is 0 Å². The van der Waals surface area contributed by atoms with E-state index < -0.39 is 23.7 Å². The Morgan fingerprint density at radius 1 is 1.08 bits per heavy atom. The van der Waals surface area contributed by atoms with Crippen molar-refractivity contribution in [2.75, 3.05) is 5.32 Å². The summed E-state index contributed by atoms with van der Waals surface area (Å²) < 4.78 is 39.0. The van der Waals surface area contributed by atoms with Crippen molar-refractivity contribution in [3.63, 3.8) is 0 Å². The Bertz CT molecular complexity index is 974. The molecule has 0 amide bonds. The highest BCUT2D eigenvalue weighted by molar-refractivity contribution is 5.94. The predicted octanol–water partition coefficient (Wildman–Crippen LogP) is 3.80. The quantitative estimate of drug-likeness (QED) is 0.623. The first-order valence-corrected chi connectivity index (χ1v) is 6.93. The van der Waals surface area contributed by atoms with Crippen LogP contribution in [0.15, 0.2) is 42.5 Å². The summed E-state index contributed by atoms with van der Waals surface area (Å²) >= 11 is 0. The molecule has 0 aliphatic carbocycles. The van der Waals surface area contributed by atoms with E-state index in [9.17, 15) is 23.1 Å². The van der Waals surface area contributed by atoms with E-state index in [0.717, 1.165) is 12.1 Å². The van der Waals surface area contributed by atoms with Crippen LogP contribution in [0.3, 0.4) is 0 Å². The summed E-state index contributed by atoms with van der Waals surface area (Å²) in [7, 11) is 0. The fourth-order valence-electron chi connectivity index (χ4n) is 2.22. The van der Waals surface area contributed by atoms with Gasteiger partial charge in [0.1, 0.15) is 17.1 Å². The van der Waals surface area contributed by atoms with Crippen LogP contribution in [-0.4, -0.2) is 26.2 Å². The standard InChI is InChI=1S/C16H10F3N3O3/c17-16(18,19)15-21-11-4-2-1-3-9(11)13(22-15)20-8-5-6-12(23)10(7-8)14(24)25/h1-7,23H,(H,24,25)(H,20,21,22). The molecule has 0 bridgehead atoms. The highest BCUT2D eigenvalue weighted by atomic mass is 19.4. The van der Waals surface area contributed by atoms with Crippen LogP contribution < -0.4 is 5.32 Å². The number of nitrogens with one attached hydrogen (secondary N) is 1. The molecule has 6 nitrogen and oxygen atoms in total. The molecule has 0 saturated carbocycles. The van der Waals surface area contributed by atoms with E-state index in [1.54, 1.807) is 12.1 Å². The highest BCUT2D eigenvalue weighted by Crippen LogP contribution is 2.32. The third kappa shape index (κ3) is 3.30. The minimum absolute atomic E-state index is 0.0876. The summed E-state index contributed by atoms with van der Waals surface area (Å²) in [6.45, 7) is 0. The molecular formula is C16H10F3N3O3. The van der Waals surface area contributed by atoms with Crippen LogP contribution in [0, 0.1) is 0 Å². The number of phenols is 1. The minimum Gasteiger partial charge on any atom is -0.507 e. The molecule has 25 heavy (non-hydrogen) atoms. The Hall–Kier alpha value is -3.36. The summed E-state index contributed by atoms with van der Waals surface area (Å²) in [6, 6.07) is 9.66. The molecule has 9 heteroatoms. The molecule has 1 aromatic heterocycles. The number of aromatic carboxylic acids is 1. The van der Waals surface area contributed by atoms with Crippen LogP contribution in [0.4, 0.5) is 24.7 Å². The van der Waals surface area contributed by atoms with Crippen molar-refractivity contribution in [2.45, 2.75) is 6.18 Å². The molecule has 0 spiro atoms. The number of aromatic nitrogens is 2. The Kier molecular flexibility index (Phi) is 3.91. The fourth-order valence-corrected chi connectivity index (χ4v) is 2.22. The van der Waals surface area contributed by atoms with Gasteiger partial charge in [-0.25, -0.2) is 14.8 Å². The second-order valence-electron chi connectivity index (χ2n) is 5.07. The van der Waals surface area contributed by atoms with Crippen LogP contribution in [-0.2, 0) is 6.18 Å². The van der Waals surface area contributed by atoms with Crippen molar-refractivity contribution in [1.29, 1.82) is 0 Å². The number of rotatable bonds is 3. The van der Waals surface area contributed by atoms with Gasteiger partial charge in [-0.15, -0.1) is 0 Å². The van der Waals surface area contributed by atoms with Gasteiger partial charge in [-0.2, -0.15) is 13.2 Å². The van der Waals surface area contributed by atoms with E-state index in [4.69, 9.17) is 5.11 Å².